The minimum atomic E-state index is 0.0766. The molecule has 0 spiro atoms. The van der Waals surface area contributed by atoms with Crippen molar-refractivity contribution in [1.29, 1.82) is 0 Å². The fourth-order valence-electron chi connectivity index (χ4n) is 3.62. The number of furan rings is 1. The van der Waals surface area contributed by atoms with Crippen LogP contribution in [0.1, 0.15) is 10.9 Å². The molecule has 5 aromatic rings. The third kappa shape index (κ3) is 3.82. The molecule has 172 valence electrons. The van der Waals surface area contributed by atoms with Crippen molar-refractivity contribution < 1.29 is 18.6 Å². The Morgan fingerprint density at radius 3 is 2.79 bits per heavy atom. The monoisotopic (exact) mass is 493 g/mol. The van der Waals surface area contributed by atoms with E-state index in [1.54, 1.807) is 30.5 Å². The number of hydrogen-bond acceptors (Lipinski definition) is 10. The molecule has 0 saturated heterocycles. The smallest absolute Gasteiger partial charge is 0.294 e. The van der Waals surface area contributed by atoms with Crippen LogP contribution in [0.4, 0.5) is 0 Å². The second-order valence-electron chi connectivity index (χ2n) is 7.41. The van der Waals surface area contributed by atoms with Crippen molar-refractivity contribution in [3.05, 3.63) is 60.3 Å². The molecule has 2 aromatic carbocycles. The van der Waals surface area contributed by atoms with Crippen LogP contribution in [0.25, 0.3) is 27.4 Å². The fourth-order valence-corrected chi connectivity index (χ4v) is 5.23. The molecule has 0 saturated carbocycles. The van der Waals surface area contributed by atoms with Gasteiger partial charge in [-0.25, -0.2) is 9.50 Å². The zero-order valence-corrected chi connectivity index (χ0v) is 19.9. The van der Waals surface area contributed by atoms with Gasteiger partial charge >= 0.3 is 0 Å². The molecule has 4 heterocycles. The maximum atomic E-state index is 6.17. The number of thioether (sulfide) groups is 1. The number of ether oxygens (including phenoxy) is 3. The van der Waals surface area contributed by atoms with E-state index in [0.29, 0.717) is 40.3 Å². The van der Waals surface area contributed by atoms with Gasteiger partial charge in [0.25, 0.3) is 5.19 Å². The molecule has 0 aliphatic carbocycles. The molecule has 34 heavy (non-hydrogen) atoms. The van der Waals surface area contributed by atoms with E-state index in [9.17, 15) is 0 Å². The van der Waals surface area contributed by atoms with Crippen LogP contribution in [0, 0.1) is 0 Å². The average molecular weight is 494 g/mol. The van der Waals surface area contributed by atoms with Crippen LogP contribution in [0.15, 0.2) is 64.2 Å². The van der Waals surface area contributed by atoms with E-state index in [1.165, 1.54) is 16.9 Å². The zero-order chi connectivity index (χ0) is 23.1. The number of methoxy groups -OCH3 is 2. The van der Waals surface area contributed by atoms with Crippen LogP contribution >= 0.6 is 23.1 Å². The Morgan fingerprint density at radius 2 is 2.00 bits per heavy atom. The number of rotatable bonds is 7. The molecule has 0 radical (unpaired) electrons. The van der Waals surface area contributed by atoms with Crippen molar-refractivity contribution in [1.82, 2.24) is 20.0 Å². The molecule has 9 nitrogen and oxygen atoms in total. The van der Waals surface area contributed by atoms with Crippen molar-refractivity contribution in [3.8, 4) is 28.1 Å². The first-order valence-corrected chi connectivity index (χ1v) is 12.1. The summed E-state index contributed by atoms with van der Waals surface area (Å²) in [6.45, 7) is 0.327. The predicted octanol–water partition coefficient (Wildman–Crippen LogP) is 4.95. The van der Waals surface area contributed by atoms with Gasteiger partial charge in [0.1, 0.15) is 39.8 Å². The average Bonchev–Trinajstić information content (AvgIpc) is 3.65. The molecule has 1 N–H and O–H groups in total. The number of aromatic nitrogens is 3. The Kier molecular flexibility index (Phi) is 5.27. The predicted molar refractivity (Wildman–Crippen MR) is 132 cm³/mol. The number of fused-ring (bicyclic) bond motifs is 2. The maximum Gasteiger partial charge on any atom is 0.294 e. The van der Waals surface area contributed by atoms with E-state index in [4.69, 9.17) is 18.6 Å². The summed E-state index contributed by atoms with van der Waals surface area (Å²) in [5.74, 6) is 1.90. The van der Waals surface area contributed by atoms with Gasteiger partial charge in [0.05, 0.1) is 25.8 Å². The Balaban J connectivity index is 1.25. The molecule has 3 aromatic heterocycles. The summed E-state index contributed by atoms with van der Waals surface area (Å²) < 4.78 is 24.6. The highest BCUT2D eigenvalue weighted by atomic mass is 32.2. The molecule has 11 heteroatoms. The fraction of sp³-hybridized carbons (Fsp3) is 0.174. The summed E-state index contributed by atoms with van der Waals surface area (Å²) in [6.07, 6.45) is 1.81. The number of hydrogen-bond donors (Lipinski definition) is 1. The standard InChI is InChI=1S/C23H19N5O4S2/c1-29-14-8-17(31-12-20-25-26-21(33-20)13-6-4-3-5-7-13)15-10-19(32-18(15)9-14)16-11-28-22(24-16)34-23(27-28)30-2/h3-11,21,26H,12H2,1-2H3. The molecule has 1 aliphatic heterocycles. The van der Waals surface area contributed by atoms with Crippen molar-refractivity contribution in [2.24, 2.45) is 5.10 Å². The van der Waals surface area contributed by atoms with Gasteiger partial charge in [0.15, 0.2) is 5.76 Å². The number of nitrogens with zero attached hydrogens (tertiary/aromatic N) is 4. The van der Waals surface area contributed by atoms with E-state index < -0.39 is 0 Å². The quantitative estimate of drug-likeness (QED) is 0.340. The number of benzene rings is 2. The van der Waals surface area contributed by atoms with Gasteiger partial charge in [-0.3, -0.25) is 5.43 Å². The molecule has 0 fully saturated rings. The van der Waals surface area contributed by atoms with Gasteiger partial charge in [-0.1, -0.05) is 42.1 Å². The first-order valence-electron chi connectivity index (χ1n) is 10.4. The number of nitrogens with one attached hydrogen (secondary N) is 1. The SMILES string of the molecule is COc1cc(OCC2=NNC(c3ccccc3)S2)c2cc(-c3cn4nc(OC)sc4n3)oc2c1. The van der Waals surface area contributed by atoms with Crippen molar-refractivity contribution in [3.63, 3.8) is 0 Å². The van der Waals surface area contributed by atoms with Crippen LogP contribution in [0.3, 0.4) is 0 Å². The lowest BCUT2D eigenvalue weighted by Gasteiger charge is -2.10. The minimum absolute atomic E-state index is 0.0766. The Bertz CT molecular complexity index is 1480. The highest BCUT2D eigenvalue weighted by molar-refractivity contribution is 8.14. The van der Waals surface area contributed by atoms with Crippen LogP contribution in [0.5, 0.6) is 16.7 Å². The van der Waals surface area contributed by atoms with E-state index in [0.717, 1.165) is 15.4 Å². The molecule has 1 aliphatic rings. The Labute approximate surface area is 202 Å². The number of imidazole rings is 1. The first kappa shape index (κ1) is 20.9. The molecule has 6 rings (SSSR count). The molecule has 1 unspecified atom stereocenters. The van der Waals surface area contributed by atoms with Crippen molar-refractivity contribution in [2.45, 2.75) is 5.37 Å². The summed E-state index contributed by atoms with van der Waals surface area (Å²) in [7, 11) is 3.20. The maximum absolute atomic E-state index is 6.17. The topological polar surface area (TPSA) is 95.4 Å². The summed E-state index contributed by atoms with van der Waals surface area (Å²) >= 11 is 3.00. The molecular weight excluding hydrogens is 474 g/mol. The first-order chi connectivity index (χ1) is 16.7. The summed E-state index contributed by atoms with van der Waals surface area (Å²) in [5, 5.41) is 11.1. The van der Waals surface area contributed by atoms with E-state index >= 15 is 0 Å². The largest absolute Gasteiger partial charge is 0.496 e. The van der Waals surface area contributed by atoms with Gasteiger partial charge in [0, 0.05) is 12.1 Å². The summed E-state index contributed by atoms with van der Waals surface area (Å²) in [4.78, 5) is 5.33. The number of hydrazone groups is 1. The normalized spacial score (nSPS) is 15.5. The lowest BCUT2D eigenvalue weighted by atomic mass is 10.2. The van der Waals surface area contributed by atoms with Gasteiger partial charge < -0.3 is 18.6 Å². The van der Waals surface area contributed by atoms with Gasteiger partial charge in [-0.05, 0) is 23.0 Å². The highest BCUT2D eigenvalue weighted by Gasteiger charge is 2.22. The Morgan fingerprint density at radius 1 is 1.12 bits per heavy atom. The third-order valence-corrected chi connectivity index (χ3v) is 7.25. The van der Waals surface area contributed by atoms with Crippen molar-refractivity contribution >= 4 is 44.1 Å². The summed E-state index contributed by atoms with van der Waals surface area (Å²) in [5.41, 5.74) is 5.65. The summed E-state index contributed by atoms with van der Waals surface area (Å²) in [6, 6.07) is 15.8. The van der Waals surface area contributed by atoms with E-state index in [-0.39, 0.29) is 5.37 Å². The van der Waals surface area contributed by atoms with E-state index in [1.807, 2.05) is 42.6 Å². The van der Waals surface area contributed by atoms with Gasteiger partial charge in [-0.2, -0.15) is 5.10 Å². The van der Waals surface area contributed by atoms with Gasteiger partial charge in [-0.15, -0.1) is 5.10 Å². The lowest BCUT2D eigenvalue weighted by molar-refractivity contribution is 0.374. The highest BCUT2D eigenvalue weighted by Crippen LogP contribution is 2.38. The van der Waals surface area contributed by atoms with Crippen LogP contribution in [0.2, 0.25) is 0 Å². The van der Waals surface area contributed by atoms with E-state index in [2.05, 4.69) is 32.7 Å². The van der Waals surface area contributed by atoms with Crippen LogP contribution in [-0.2, 0) is 0 Å². The minimum Gasteiger partial charge on any atom is -0.496 e. The molecule has 0 bridgehead atoms. The molecular formula is C23H19N5O4S2. The lowest BCUT2D eigenvalue weighted by Crippen LogP contribution is -2.06. The van der Waals surface area contributed by atoms with Gasteiger partial charge in [0.2, 0.25) is 4.96 Å². The zero-order valence-electron chi connectivity index (χ0n) is 18.2. The second-order valence-corrected chi connectivity index (χ2v) is 9.50. The second kappa shape index (κ2) is 8.58. The molecule has 1 atom stereocenters. The van der Waals surface area contributed by atoms with Crippen molar-refractivity contribution in [2.75, 3.05) is 20.8 Å². The third-order valence-electron chi connectivity index (χ3n) is 5.27. The molecule has 0 amide bonds. The van der Waals surface area contributed by atoms with Crippen LogP contribution in [-0.4, -0.2) is 40.5 Å². The Hall–Kier alpha value is -3.70. The van der Waals surface area contributed by atoms with Crippen LogP contribution < -0.4 is 19.6 Å².